The molecule has 0 radical (unpaired) electrons. The Labute approximate surface area is 93.3 Å². The van der Waals surface area contributed by atoms with E-state index in [1.54, 1.807) is 0 Å². The third-order valence-electron chi connectivity index (χ3n) is 2.26. The molecule has 0 amide bonds. The van der Waals surface area contributed by atoms with Crippen LogP contribution in [0.4, 0.5) is 0 Å². The summed E-state index contributed by atoms with van der Waals surface area (Å²) in [4.78, 5) is 0. The molecule has 1 aliphatic heterocycles. The van der Waals surface area contributed by atoms with Gasteiger partial charge < -0.3 is 5.11 Å². The molecule has 0 aromatic heterocycles. The molecule has 1 nitrogen and oxygen atoms in total. The molecule has 1 saturated heterocycles. The van der Waals surface area contributed by atoms with E-state index in [0.29, 0.717) is 4.58 Å². The molecule has 1 aromatic rings. The first-order valence-electron chi connectivity index (χ1n) is 4.83. The summed E-state index contributed by atoms with van der Waals surface area (Å²) in [6.07, 6.45) is 1.33. The van der Waals surface area contributed by atoms with Gasteiger partial charge in [-0.15, -0.1) is 23.5 Å². The average molecular weight is 226 g/mol. The van der Waals surface area contributed by atoms with E-state index >= 15 is 0 Å². The third-order valence-corrected chi connectivity index (χ3v) is 5.28. The van der Waals surface area contributed by atoms with E-state index in [0.717, 1.165) is 5.56 Å². The molecular formula is C11H14OS2. The number of hydrogen-bond donors (Lipinski definition) is 1. The predicted octanol–water partition coefficient (Wildman–Crippen LogP) is 3.05. The Bertz CT molecular complexity index is 278. The van der Waals surface area contributed by atoms with Gasteiger partial charge in [-0.3, -0.25) is 0 Å². The van der Waals surface area contributed by atoms with E-state index in [-0.39, 0.29) is 6.61 Å². The fraction of sp³-hybridized carbons (Fsp3) is 0.455. The summed E-state index contributed by atoms with van der Waals surface area (Å²) in [5, 5.41) is 8.93. The minimum absolute atomic E-state index is 0.144. The van der Waals surface area contributed by atoms with E-state index in [9.17, 15) is 0 Å². The zero-order valence-electron chi connectivity index (χ0n) is 7.98. The second-order valence-corrected chi connectivity index (χ2v) is 6.05. The van der Waals surface area contributed by atoms with Gasteiger partial charge in [0.25, 0.3) is 0 Å². The van der Waals surface area contributed by atoms with Crippen molar-refractivity contribution in [2.24, 2.45) is 0 Å². The normalized spacial score (nSPS) is 18.4. The summed E-state index contributed by atoms with van der Waals surface area (Å²) < 4.78 is 0.608. The van der Waals surface area contributed by atoms with Crippen molar-refractivity contribution < 1.29 is 5.11 Å². The van der Waals surface area contributed by atoms with E-state index in [1.165, 1.54) is 23.5 Å². The summed E-state index contributed by atoms with van der Waals surface area (Å²) in [5.41, 5.74) is 2.39. The molecule has 1 aliphatic rings. The lowest BCUT2D eigenvalue weighted by atomic mass is 10.2. The van der Waals surface area contributed by atoms with E-state index in [1.807, 2.05) is 35.7 Å². The highest BCUT2D eigenvalue weighted by atomic mass is 32.2. The number of aliphatic hydroxyl groups excluding tert-OH is 1. The van der Waals surface area contributed by atoms with Crippen LogP contribution in [-0.4, -0.2) is 16.6 Å². The van der Waals surface area contributed by atoms with E-state index < -0.39 is 0 Å². The summed E-state index contributed by atoms with van der Waals surface area (Å²) in [5.74, 6) is 2.55. The van der Waals surface area contributed by atoms with Gasteiger partial charge in [0.15, 0.2) is 0 Å². The number of benzene rings is 1. The molecule has 0 bridgehead atoms. The Hall–Kier alpha value is -0.120. The van der Waals surface area contributed by atoms with Crippen LogP contribution in [0.15, 0.2) is 24.3 Å². The van der Waals surface area contributed by atoms with Crippen LogP contribution < -0.4 is 0 Å². The van der Waals surface area contributed by atoms with Crippen LogP contribution in [0.3, 0.4) is 0 Å². The Kier molecular flexibility index (Phi) is 3.79. The largest absolute Gasteiger partial charge is 0.392 e. The highest BCUT2D eigenvalue weighted by Gasteiger charge is 2.15. The molecular weight excluding hydrogens is 212 g/mol. The first kappa shape index (κ1) is 10.4. The van der Waals surface area contributed by atoms with Crippen LogP contribution in [0.25, 0.3) is 0 Å². The maximum atomic E-state index is 8.93. The molecule has 1 fully saturated rings. The number of thioether (sulfide) groups is 2. The fourth-order valence-electron chi connectivity index (χ4n) is 1.46. The second kappa shape index (κ2) is 5.10. The Balaban J connectivity index is 2.07. The van der Waals surface area contributed by atoms with Gasteiger partial charge in [-0.1, -0.05) is 24.3 Å². The molecule has 1 heterocycles. The van der Waals surface area contributed by atoms with Crippen LogP contribution in [0, 0.1) is 0 Å². The van der Waals surface area contributed by atoms with Crippen molar-refractivity contribution in [1.82, 2.24) is 0 Å². The standard InChI is InChI=1S/C11H14OS2/c12-8-9-2-4-10(5-3-9)11-13-6-1-7-14-11/h2-5,11-12H,1,6-8H2. The van der Waals surface area contributed by atoms with E-state index in [2.05, 4.69) is 12.1 Å². The van der Waals surface area contributed by atoms with Crippen molar-refractivity contribution in [1.29, 1.82) is 0 Å². The molecule has 14 heavy (non-hydrogen) atoms. The zero-order valence-corrected chi connectivity index (χ0v) is 9.61. The monoisotopic (exact) mass is 226 g/mol. The van der Waals surface area contributed by atoms with Gasteiger partial charge in [0.2, 0.25) is 0 Å². The van der Waals surface area contributed by atoms with Crippen LogP contribution >= 0.6 is 23.5 Å². The lowest BCUT2D eigenvalue weighted by Crippen LogP contribution is -2.00. The van der Waals surface area contributed by atoms with Crippen LogP contribution in [0.1, 0.15) is 22.1 Å². The third kappa shape index (κ3) is 2.47. The SMILES string of the molecule is OCc1ccc(C2SCCCS2)cc1. The Morgan fingerprint density at radius 2 is 1.79 bits per heavy atom. The maximum Gasteiger partial charge on any atom is 0.0751 e. The quantitative estimate of drug-likeness (QED) is 0.837. The molecule has 0 spiro atoms. The van der Waals surface area contributed by atoms with Gasteiger partial charge >= 0.3 is 0 Å². The van der Waals surface area contributed by atoms with Crippen molar-refractivity contribution >= 4 is 23.5 Å². The second-order valence-electron chi connectivity index (χ2n) is 3.33. The van der Waals surface area contributed by atoms with Gasteiger partial charge in [0.05, 0.1) is 11.2 Å². The van der Waals surface area contributed by atoms with Crippen LogP contribution in [-0.2, 0) is 6.61 Å². The summed E-state index contributed by atoms with van der Waals surface area (Å²) in [6, 6.07) is 8.32. The molecule has 0 saturated carbocycles. The van der Waals surface area contributed by atoms with Gasteiger partial charge in [-0.05, 0) is 29.1 Å². The first-order valence-corrected chi connectivity index (χ1v) is 6.93. The van der Waals surface area contributed by atoms with Crippen molar-refractivity contribution in [3.63, 3.8) is 0 Å². The summed E-state index contributed by atoms with van der Waals surface area (Å²) in [7, 11) is 0. The number of aliphatic hydroxyl groups is 1. The zero-order chi connectivity index (χ0) is 9.80. The minimum atomic E-state index is 0.144. The molecule has 76 valence electrons. The lowest BCUT2D eigenvalue weighted by Gasteiger charge is -2.21. The molecule has 0 unspecified atom stereocenters. The summed E-state index contributed by atoms with van der Waals surface area (Å²) in [6.45, 7) is 0.144. The minimum Gasteiger partial charge on any atom is -0.392 e. The summed E-state index contributed by atoms with van der Waals surface area (Å²) >= 11 is 4.06. The molecule has 3 heteroatoms. The molecule has 0 atom stereocenters. The molecule has 1 aromatic carbocycles. The fourth-order valence-corrected chi connectivity index (χ4v) is 4.35. The lowest BCUT2D eigenvalue weighted by molar-refractivity contribution is 0.282. The highest BCUT2D eigenvalue weighted by Crippen LogP contribution is 2.43. The maximum absolute atomic E-state index is 8.93. The smallest absolute Gasteiger partial charge is 0.0751 e. The number of hydrogen-bond acceptors (Lipinski definition) is 3. The Morgan fingerprint density at radius 3 is 2.36 bits per heavy atom. The molecule has 2 rings (SSSR count). The van der Waals surface area contributed by atoms with Gasteiger partial charge in [-0.25, -0.2) is 0 Å². The molecule has 0 aliphatic carbocycles. The van der Waals surface area contributed by atoms with Crippen molar-refractivity contribution in [2.75, 3.05) is 11.5 Å². The van der Waals surface area contributed by atoms with Crippen LogP contribution in [0.2, 0.25) is 0 Å². The van der Waals surface area contributed by atoms with Crippen molar-refractivity contribution in [3.8, 4) is 0 Å². The first-order chi connectivity index (χ1) is 6.90. The predicted molar refractivity (Wildman–Crippen MR) is 64.6 cm³/mol. The average Bonchev–Trinajstić information content (AvgIpc) is 2.30. The van der Waals surface area contributed by atoms with Gasteiger partial charge in [0, 0.05) is 0 Å². The topological polar surface area (TPSA) is 20.2 Å². The number of rotatable bonds is 2. The van der Waals surface area contributed by atoms with Crippen molar-refractivity contribution in [2.45, 2.75) is 17.6 Å². The Morgan fingerprint density at radius 1 is 1.14 bits per heavy atom. The van der Waals surface area contributed by atoms with Gasteiger partial charge in [-0.2, -0.15) is 0 Å². The van der Waals surface area contributed by atoms with Crippen molar-refractivity contribution in [3.05, 3.63) is 35.4 Å². The van der Waals surface area contributed by atoms with Gasteiger partial charge in [0.1, 0.15) is 0 Å². The molecule has 1 N–H and O–H groups in total. The highest BCUT2D eigenvalue weighted by molar-refractivity contribution is 8.16. The van der Waals surface area contributed by atoms with Crippen LogP contribution in [0.5, 0.6) is 0 Å². The van der Waals surface area contributed by atoms with E-state index in [4.69, 9.17) is 5.11 Å².